The summed E-state index contributed by atoms with van der Waals surface area (Å²) in [6.07, 6.45) is 0. The van der Waals surface area contributed by atoms with Crippen LogP contribution in [0.15, 0.2) is 0 Å². The van der Waals surface area contributed by atoms with Crippen LogP contribution in [0.25, 0.3) is 0 Å². The second-order valence-corrected chi connectivity index (χ2v) is 0.519. The molecule has 0 aliphatic rings. The normalized spacial score (nSPS) is 3.57. The third-order valence-corrected chi connectivity index (χ3v) is 0. The molecule has 0 bridgehead atoms. The van der Waals surface area contributed by atoms with Crippen molar-refractivity contribution in [3.05, 3.63) is 0 Å². The first kappa shape index (κ1) is 23.5. The van der Waals surface area contributed by atoms with Gasteiger partial charge in [-0.05, 0) is 0 Å². The van der Waals surface area contributed by atoms with Crippen LogP contribution in [0, 0.1) is 0 Å². The van der Waals surface area contributed by atoms with Gasteiger partial charge in [-0.1, -0.05) is 0 Å². The summed E-state index contributed by atoms with van der Waals surface area (Å²) >= 11 is 0. The van der Waals surface area contributed by atoms with Gasteiger partial charge in [0.2, 0.25) is 0 Å². The second kappa shape index (κ2) is 15.6. The van der Waals surface area contributed by atoms with E-state index < -0.39 is 5.97 Å². The quantitative estimate of drug-likeness (QED) is 0.537. The summed E-state index contributed by atoms with van der Waals surface area (Å²) in [5.41, 5.74) is 0. The number of halogens is 1. The molecule has 5 heteroatoms. The fourth-order valence-electron chi connectivity index (χ4n) is 0. The molecular formula is C2H9BrO2Sn2. The monoisotopic (exact) mass is 384 g/mol. The van der Waals surface area contributed by atoms with Gasteiger partial charge in [-0.3, -0.25) is 4.79 Å². The van der Waals surface area contributed by atoms with Crippen molar-refractivity contribution in [3.8, 4) is 0 Å². The van der Waals surface area contributed by atoms with Gasteiger partial charge in [0.1, 0.15) is 0 Å². The van der Waals surface area contributed by atoms with E-state index in [0.29, 0.717) is 0 Å². The van der Waals surface area contributed by atoms with Crippen molar-refractivity contribution in [1.29, 1.82) is 0 Å². The molecule has 0 atom stereocenters. The molecule has 44 valence electrons. The Morgan fingerprint density at radius 2 is 1.43 bits per heavy atom. The predicted octanol–water partition coefficient (Wildman–Crippen LogP) is -1.16. The minimum atomic E-state index is -0.833. The molecule has 0 aliphatic carbocycles. The van der Waals surface area contributed by atoms with E-state index in [0.717, 1.165) is 6.92 Å². The average molecular weight is 382 g/mol. The number of hydrogen-bond acceptors (Lipinski definition) is 1. The molecule has 0 aliphatic heterocycles. The Morgan fingerprint density at radius 1 is 1.43 bits per heavy atom. The summed E-state index contributed by atoms with van der Waals surface area (Å²) in [5, 5.41) is 7.42. The molecular weight excluding hydrogens is 373 g/mol. The van der Waals surface area contributed by atoms with Crippen LogP contribution in [-0.4, -0.2) is 58.9 Å². The fourth-order valence-corrected chi connectivity index (χ4v) is 0. The van der Waals surface area contributed by atoms with E-state index in [1.54, 1.807) is 0 Å². The molecule has 7 heavy (non-hydrogen) atoms. The summed E-state index contributed by atoms with van der Waals surface area (Å²) in [6, 6.07) is 0. The first-order valence-corrected chi connectivity index (χ1v) is 0.928. The Labute approximate surface area is 86.7 Å². The Balaban J connectivity index is -0.0000000150. The molecule has 1 N–H and O–H groups in total. The fraction of sp³-hybridized carbons (Fsp3) is 0.500. The molecule has 0 saturated heterocycles. The van der Waals surface area contributed by atoms with Gasteiger partial charge in [-0.15, -0.1) is 17.0 Å². The first-order valence-electron chi connectivity index (χ1n) is 0.928. The molecule has 0 aromatic rings. The zero-order valence-corrected chi connectivity index (χ0v) is 14.0. The first-order chi connectivity index (χ1) is 1.73. The molecule has 0 spiro atoms. The van der Waals surface area contributed by atoms with Crippen LogP contribution in [0.3, 0.4) is 0 Å². The molecule has 0 aromatic heterocycles. The van der Waals surface area contributed by atoms with E-state index in [9.17, 15) is 0 Å². The van der Waals surface area contributed by atoms with Crippen molar-refractivity contribution in [2.75, 3.05) is 0 Å². The summed E-state index contributed by atoms with van der Waals surface area (Å²) in [4.78, 5) is 9.00. The number of carbonyl (C=O) groups is 1. The Hall–Kier alpha value is 1.55. The van der Waals surface area contributed by atoms with E-state index in [1.165, 1.54) is 0 Å². The van der Waals surface area contributed by atoms with Crippen LogP contribution in [0.1, 0.15) is 6.92 Å². The number of rotatable bonds is 0. The van der Waals surface area contributed by atoms with E-state index in [4.69, 9.17) is 9.90 Å². The predicted molar refractivity (Wildman–Crippen MR) is 40.7 cm³/mol. The van der Waals surface area contributed by atoms with Crippen molar-refractivity contribution >= 4 is 70.8 Å². The number of carboxylic acids is 1. The van der Waals surface area contributed by atoms with Crippen molar-refractivity contribution in [3.63, 3.8) is 0 Å². The van der Waals surface area contributed by atoms with Crippen LogP contribution in [0.2, 0.25) is 0 Å². The molecule has 0 fully saturated rings. The zero-order valence-electron chi connectivity index (χ0n) is 4.18. The summed E-state index contributed by atoms with van der Waals surface area (Å²) in [5.74, 6) is -0.833. The van der Waals surface area contributed by atoms with Gasteiger partial charge in [-0.2, -0.15) is 0 Å². The Kier molecular flexibility index (Phi) is 52.6. The molecule has 0 aromatic carbocycles. The third-order valence-electron chi connectivity index (χ3n) is 0. The van der Waals surface area contributed by atoms with Crippen molar-refractivity contribution in [2.24, 2.45) is 0 Å². The maximum absolute atomic E-state index is 9.00. The standard InChI is InChI=1S/C2H4O2.BrH.2Sn.4H/c1-2(3)4;;;;;;;/h1H3,(H,3,4);1H;;;;;;. The number of hydrogen-bond donors (Lipinski definition) is 1. The maximum atomic E-state index is 9.00. The molecule has 0 rings (SSSR count). The van der Waals surface area contributed by atoms with Crippen molar-refractivity contribution < 1.29 is 9.90 Å². The van der Waals surface area contributed by atoms with Crippen LogP contribution in [-0.2, 0) is 4.79 Å². The average Bonchev–Trinajstić information content (AvgIpc) is 0.811. The SMILES string of the molecule is Br.CC(=O)O.[SnH2].[SnH2]. The summed E-state index contributed by atoms with van der Waals surface area (Å²) in [7, 11) is 0. The third kappa shape index (κ3) is 97.0. The van der Waals surface area contributed by atoms with E-state index >= 15 is 0 Å². The molecule has 4 radical (unpaired) electrons. The second-order valence-electron chi connectivity index (χ2n) is 0.519. The Morgan fingerprint density at radius 3 is 1.43 bits per heavy atom. The molecule has 0 unspecified atom stereocenters. The van der Waals surface area contributed by atoms with Crippen LogP contribution >= 0.6 is 17.0 Å². The number of aliphatic carboxylic acids is 1. The van der Waals surface area contributed by atoms with Gasteiger partial charge < -0.3 is 5.11 Å². The van der Waals surface area contributed by atoms with E-state index in [-0.39, 0.29) is 64.8 Å². The van der Waals surface area contributed by atoms with E-state index in [2.05, 4.69) is 0 Å². The topological polar surface area (TPSA) is 37.3 Å². The van der Waals surface area contributed by atoms with Crippen molar-refractivity contribution in [1.82, 2.24) is 0 Å². The summed E-state index contributed by atoms with van der Waals surface area (Å²) in [6.45, 7) is 1.08. The van der Waals surface area contributed by atoms with Gasteiger partial charge in [0.05, 0.1) is 0 Å². The van der Waals surface area contributed by atoms with Crippen molar-refractivity contribution in [2.45, 2.75) is 6.92 Å². The van der Waals surface area contributed by atoms with Gasteiger partial charge >= 0.3 is 47.8 Å². The summed E-state index contributed by atoms with van der Waals surface area (Å²) < 4.78 is 0. The van der Waals surface area contributed by atoms with Gasteiger partial charge in [0.25, 0.3) is 5.97 Å². The van der Waals surface area contributed by atoms with Crippen LogP contribution in [0.4, 0.5) is 0 Å². The van der Waals surface area contributed by atoms with Gasteiger partial charge in [0.15, 0.2) is 0 Å². The molecule has 2 nitrogen and oxygen atoms in total. The number of carboxylic acid groups (broad SMARTS) is 1. The van der Waals surface area contributed by atoms with E-state index in [1.807, 2.05) is 0 Å². The molecule has 0 saturated carbocycles. The Bertz CT molecular complexity index is 36.7. The van der Waals surface area contributed by atoms with Crippen LogP contribution in [0.5, 0.6) is 0 Å². The minimum absolute atomic E-state index is 0. The van der Waals surface area contributed by atoms with Gasteiger partial charge in [-0.25, -0.2) is 0 Å². The zero-order chi connectivity index (χ0) is 3.58. The molecule has 0 heterocycles. The molecule has 0 amide bonds. The van der Waals surface area contributed by atoms with Gasteiger partial charge in [0, 0.05) is 6.92 Å². The van der Waals surface area contributed by atoms with Crippen LogP contribution < -0.4 is 0 Å².